The van der Waals surface area contributed by atoms with Gasteiger partial charge in [0.05, 0.1) is 5.52 Å². The largest absolute Gasteiger partial charge is 0.480 e. The van der Waals surface area contributed by atoms with Crippen LogP contribution in [0.2, 0.25) is 0 Å². The number of nitrogens with zero attached hydrogens (tertiary/aromatic N) is 2. The second-order valence-electron chi connectivity index (χ2n) is 4.81. The molecule has 0 spiro atoms. The molecule has 0 saturated carbocycles. The van der Waals surface area contributed by atoms with Crippen molar-refractivity contribution in [2.24, 2.45) is 0 Å². The molecule has 0 aliphatic carbocycles. The maximum absolute atomic E-state index is 11.0. The molecule has 1 aromatic carbocycles. The van der Waals surface area contributed by atoms with Crippen molar-refractivity contribution < 1.29 is 9.90 Å². The molecule has 5 nitrogen and oxygen atoms in total. The van der Waals surface area contributed by atoms with Crippen LogP contribution in [0.5, 0.6) is 0 Å². The van der Waals surface area contributed by atoms with Crippen molar-refractivity contribution in [2.45, 2.75) is 32.7 Å². The SMILES string of the molecule is CC(Nc1nc(C(C)C)nc2ccccc12)C(=O)O. The molecule has 2 aromatic rings. The van der Waals surface area contributed by atoms with Crippen LogP contribution in [0, 0.1) is 0 Å². The Bertz CT molecular complexity index is 611. The number of aliphatic carboxylic acids is 1. The summed E-state index contributed by atoms with van der Waals surface area (Å²) >= 11 is 0. The number of hydrogen-bond acceptors (Lipinski definition) is 4. The minimum absolute atomic E-state index is 0.185. The first-order valence-electron chi connectivity index (χ1n) is 6.25. The van der Waals surface area contributed by atoms with Gasteiger partial charge in [-0.25, -0.2) is 9.97 Å². The predicted molar refractivity (Wildman–Crippen MR) is 74.3 cm³/mol. The zero-order valence-electron chi connectivity index (χ0n) is 11.2. The summed E-state index contributed by atoms with van der Waals surface area (Å²) in [4.78, 5) is 19.9. The van der Waals surface area contributed by atoms with Crippen LogP contribution in [0.3, 0.4) is 0 Å². The summed E-state index contributed by atoms with van der Waals surface area (Å²) in [5, 5.41) is 12.8. The molecule has 1 aromatic heterocycles. The molecule has 0 fully saturated rings. The second-order valence-corrected chi connectivity index (χ2v) is 4.81. The molecule has 0 bridgehead atoms. The van der Waals surface area contributed by atoms with Crippen molar-refractivity contribution in [1.82, 2.24) is 9.97 Å². The number of aromatic nitrogens is 2. The Kier molecular flexibility index (Phi) is 3.64. The molecule has 100 valence electrons. The standard InChI is InChI=1S/C14H17N3O2/c1-8(2)12-16-11-7-5-4-6-10(11)13(17-12)15-9(3)14(18)19/h4-9H,1-3H3,(H,18,19)(H,15,16,17). The monoisotopic (exact) mass is 259 g/mol. The quantitative estimate of drug-likeness (QED) is 0.882. The minimum Gasteiger partial charge on any atom is -0.480 e. The number of carbonyl (C=O) groups is 1. The molecule has 1 atom stereocenters. The number of carboxylic acids is 1. The zero-order valence-corrected chi connectivity index (χ0v) is 11.2. The zero-order chi connectivity index (χ0) is 14.0. The molecular weight excluding hydrogens is 242 g/mol. The number of anilines is 1. The van der Waals surface area contributed by atoms with Gasteiger partial charge in [0.15, 0.2) is 0 Å². The first-order valence-corrected chi connectivity index (χ1v) is 6.25. The Labute approximate surface area is 111 Å². The normalized spacial score (nSPS) is 12.6. The van der Waals surface area contributed by atoms with Crippen LogP contribution in [-0.4, -0.2) is 27.1 Å². The molecule has 2 rings (SSSR count). The summed E-state index contributed by atoms with van der Waals surface area (Å²) in [7, 11) is 0. The fraction of sp³-hybridized carbons (Fsp3) is 0.357. The molecule has 1 unspecified atom stereocenters. The van der Waals surface area contributed by atoms with E-state index in [9.17, 15) is 4.79 Å². The molecule has 2 N–H and O–H groups in total. The van der Waals surface area contributed by atoms with Gasteiger partial charge >= 0.3 is 5.97 Å². The summed E-state index contributed by atoms with van der Waals surface area (Å²) in [5.41, 5.74) is 0.821. The van der Waals surface area contributed by atoms with Crippen LogP contribution in [-0.2, 0) is 4.79 Å². The molecule has 0 radical (unpaired) electrons. The van der Waals surface area contributed by atoms with Crippen molar-refractivity contribution in [2.75, 3.05) is 5.32 Å². The smallest absolute Gasteiger partial charge is 0.325 e. The predicted octanol–water partition coefficient (Wildman–Crippen LogP) is 2.64. The number of hydrogen-bond donors (Lipinski definition) is 2. The van der Waals surface area contributed by atoms with Gasteiger partial charge in [0.2, 0.25) is 0 Å². The third-order valence-electron chi connectivity index (χ3n) is 2.86. The minimum atomic E-state index is -0.909. The lowest BCUT2D eigenvalue weighted by molar-refractivity contribution is -0.137. The number of benzene rings is 1. The lowest BCUT2D eigenvalue weighted by Gasteiger charge is -2.14. The van der Waals surface area contributed by atoms with Crippen LogP contribution in [0.1, 0.15) is 32.5 Å². The van der Waals surface area contributed by atoms with Gasteiger partial charge in [-0.2, -0.15) is 0 Å². The van der Waals surface area contributed by atoms with E-state index in [0.717, 1.165) is 10.9 Å². The fourth-order valence-electron chi connectivity index (χ4n) is 1.73. The highest BCUT2D eigenvalue weighted by atomic mass is 16.4. The van der Waals surface area contributed by atoms with Crippen molar-refractivity contribution in [3.05, 3.63) is 30.1 Å². The van der Waals surface area contributed by atoms with E-state index in [0.29, 0.717) is 11.6 Å². The van der Waals surface area contributed by atoms with Crippen LogP contribution < -0.4 is 5.32 Å². The molecule has 19 heavy (non-hydrogen) atoms. The molecule has 0 saturated heterocycles. The van der Waals surface area contributed by atoms with Gasteiger partial charge in [-0.1, -0.05) is 26.0 Å². The van der Waals surface area contributed by atoms with Crippen LogP contribution in [0.15, 0.2) is 24.3 Å². The third-order valence-corrected chi connectivity index (χ3v) is 2.86. The van der Waals surface area contributed by atoms with E-state index < -0.39 is 12.0 Å². The lowest BCUT2D eigenvalue weighted by atomic mass is 10.1. The van der Waals surface area contributed by atoms with Crippen LogP contribution in [0.4, 0.5) is 5.82 Å². The number of rotatable bonds is 4. The molecule has 0 amide bonds. The van der Waals surface area contributed by atoms with E-state index in [-0.39, 0.29) is 5.92 Å². The van der Waals surface area contributed by atoms with E-state index in [1.807, 2.05) is 38.1 Å². The van der Waals surface area contributed by atoms with Gasteiger partial charge in [-0.3, -0.25) is 4.79 Å². The topological polar surface area (TPSA) is 75.1 Å². The number of fused-ring (bicyclic) bond motifs is 1. The van der Waals surface area contributed by atoms with E-state index in [1.54, 1.807) is 6.92 Å². The summed E-state index contributed by atoms with van der Waals surface area (Å²) < 4.78 is 0. The second kappa shape index (κ2) is 5.22. The van der Waals surface area contributed by atoms with Gasteiger partial charge in [-0.15, -0.1) is 0 Å². The number of para-hydroxylation sites is 1. The van der Waals surface area contributed by atoms with Gasteiger partial charge < -0.3 is 10.4 Å². The Hall–Kier alpha value is -2.17. The molecule has 0 aliphatic heterocycles. The van der Waals surface area contributed by atoms with Crippen molar-refractivity contribution >= 4 is 22.7 Å². The molecule has 0 aliphatic rings. The third kappa shape index (κ3) is 2.81. The van der Waals surface area contributed by atoms with Crippen molar-refractivity contribution in [3.8, 4) is 0 Å². The molecule has 1 heterocycles. The van der Waals surface area contributed by atoms with E-state index in [4.69, 9.17) is 5.11 Å². The summed E-state index contributed by atoms with van der Waals surface area (Å²) in [5.74, 6) is 0.557. The average Bonchev–Trinajstić information content (AvgIpc) is 2.38. The van der Waals surface area contributed by atoms with Gasteiger partial charge in [0.1, 0.15) is 17.7 Å². The fourth-order valence-corrected chi connectivity index (χ4v) is 1.73. The van der Waals surface area contributed by atoms with Gasteiger partial charge in [0, 0.05) is 11.3 Å². The maximum Gasteiger partial charge on any atom is 0.325 e. The first-order chi connectivity index (χ1) is 8.99. The van der Waals surface area contributed by atoms with Crippen molar-refractivity contribution in [3.63, 3.8) is 0 Å². The van der Waals surface area contributed by atoms with Crippen LogP contribution >= 0.6 is 0 Å². The van der Waals surface area contributed by atoms with Gasteiger partial charge in [0.25, 0.3) is 0 Å². The van der Waals surface area contributed by atoms with Crippen molar-refractivity contribution in [1.29, 1.82) is 0 Å². The van der Waals surface area contributed by atoms with E-state index in [1.165, 1.54) is 0 Å². The van der Waals surface area contributed by atoms with E-state index in [2.05, 4.69) is 15.3 Å². The summed E-state index contributed by atoms with van der Waals surface area (Å²) in [6.45, 7) is 5.61. The van der Waals surface area contributed by atoms with Crippen LogP contribution in [0.25, 0.3) is 10.9 Å². The lowest BCUT2D eigenvalue weighted by Crippen LogP contribution is -2.26. The number of carboxylic acid groups (broad SMARTS) is 1. The highest BCUT2D eigenvalue weighted by Crippen LogP contribution is 2.23. The molecule has 5 heteroatoms. The Morgan fingerprint density at radius 2 is 1.89 bits per heavy atom. The summed E-state index contributed by atoms with van der Waals surface area (Å²) in [6.07, 6.45) is 0. The maximum atomic E-state index is 11.0. The average molecular weight is 259 g/mol. The Morgan fingerprint density at radius 1 is 1.21 bits per heavy atom. The van der Waals surface area contributed by atoms with Gasteiger partial charge in [-0.05, 0) is 19.1 Å². The highest BCUT2D eigenvalue weighted by molar-refractivity contribution is 5.90. The first kappa shape index (κ1) is 13.3. The highest BCUT2D eigenvalue weighted by Gasteiger charge is 2.15. The summed E-state index contributed by atoms with van der Waals surface area (Å²) in [6, 6.07) is 6.88. The Morgan fingerprint density at radius 3 is 2.53 bits per heavy atom. The Balaban J connectivity index is 2.53. The number of nitrogens with one attached hydrogen (secondary N) is 1. The molecular formula is C14H17N3O2. The van der Waals surface area contributed by atoms with E-state index >= 15 is 0 Å².